The number of carbonyl (C=O) groups excluding carboxylic acids is 2. The summed E-state index contributed by atoms with van der Waals surface area (Å²) < 4.78 is 0. The Morgan fingerprint density at radius 3 is 2.22 bits per heavy atom. The Labute approximate surface area is 143 Å². The Kier molecular flexibility index (Phi) is 7.16. The molecule has 0 aliphatic rings. The maximum absolute atomic E-state index is 12.0. The van der Waals surface area contributed by atoms with Crippen molar-refractivity contribution in [1.29, 1.82) is 0 Å². The second kappa shape index (κ2) is 8.62. The maximum atomic E-state index is 12.0. The van der Waals surface area contributed by atoms with E-state index in [1.54, 1.807) is 12.1 Å². The third-order valence-corrected chi connectivity index (χ3v) is 3.52. The quantitative estimate of drug-likeness (QED) is 0.584. The zero-order valence-corrected chi connectivity index (χ0v) is 15.0. The minimum Gasteiger partial charge on any atom is -0.302 e. The van der Waals surface area contributed by atoms with Gasteiger partial charge in [0.15, 0.2) is 5.11 Å². The standard InChI is InChI=1S/C17H25N3O2S/c1-5-6-7-14(21)18-16(23)20-19-15(22)12-8-10-13(11-9-12)17(2,3)4/h8-11H,5-7H2,1-4H3,(H,19,22)(H2,18,20,21,23). The molecule has 0 saturated carbocycles. The van der Waals surface area contributed by atoms with Gasteiger partial charge in [0.05, 0.1) is 0 Å². The molecule has 126 valence electrons. The summed E-state index contributed by atoms with van der Waals surface area (Å²) in [5, 5.41) is 2.61. The van der Waals surface area contributed by atoms with Gasteiger partial charge in [-0.3, -0.25) is 20.4 Å². The predicted octanol–water partition coefficient (Wildman–Crippen LogP) is 2.81. The average molecular weight is 335 g/mol. The van der Waals surface area contributed by atoms with Crippen molar-refractivity contribution < 1.29 is 9.59 Å². The van der Waals surface area contributed by atoms with Crippen LogP contribution in [0, 0.1) is 0 Å². The average Bonchev–Trinajstić information content (AvgIpc) is 2.49. The van der Waals surface area contributed by atoms with Crippen LogP contribution in [0.4, 0.5) is 0 Å². The molecular formula is C17H25N3O2S. The molecule has 0 aromatic heterocycles. The first-order valence-corrected chi connectivity index (χ1v) is 8.15. The summed E-state index contributed by atoms with van der Waals surface area (Å²) in [6.07, 6.45) is 2.16. The summed E-state index contributed by atoms with van der Waals surface area (Å²) in [5.74, 6) is -0.469. The highest BCUT2D eigenvalue weighted by molar-refractivity contribution is 7.80. The van der Waals surface area contributed by atoms with Gasteiger partial charge in [-0.05, 0) is 41.7 Å². The number of nitrogens with one attached hydrogen (secondary N) is 3. The van der Waals surface area contributed by atoms with Gasteiger partial charge in [-0.1, -0.05) is 46.2 Å². The van der Waals surface area contributed by atoms with Crippen LogP contribution < -0.4 is 16.2 Å². The van der Waals surface area contributed by atoms with Gasteiger partial charge in [-0.15, -0.1) is 0 Å². The van der Waals surface area contributed by atoms with Gasteiger partial charge < -0.3 is 5.32 Å². The number of unbranched alkanes of at least 4 members (excludes halogenated alkanes) is 1. The Morgan fingerprint density at radius 1 is 1.09 bits per heavy atom. The van der Waals surface area contributed by atoms with E-state index in [2.05, 4.69) is 36.9 Å². The molecule has 0 spiro atoms. The molecule has 0 aliphatic heterocycles. The number of amides is 2. The summed E-state index contributed by atoms with van der Waals surface area (Å²) in [6, 6.07) is 7.39. The van der Waals surface area contributed by atoms with Crippen molar-refractivity contribution >= 4 is 29.1 Å². The second-order valence-electron chi connectivity index (χ2n) is 6.39. The van der Waals surface area contributed by atoms with Crippen LogP contribution >= 0.6 is 12.2 Å². The Balaban J connectivity index is 2.47. The van der Waals surface area contributed by atoms with Gasteiger partial charge >= 0.3 is 0 Å². The topological polar surface area (TPSA) is 70.2 Å². The van der Waals surface area contributed by atoms with E-state index < -0.39 is 0 Å². The lowest BCUT2D eigenvalue weighted by molar-refractivity contribution is -0.119. The third kappa shape index (κ3) is 6.78. The number of hydrogen-bond donors (Lipinski definition) is 3. The number of hydrazine groups is 1. The van der Waals surface area contributed by atoms with Gasteiger partial charge in [0.2, 0.25) is 5.91 Å². The first-order valence-electron chi connectivity index (χ1n) is 7.74. The Hall–Kier alpha value is -1.95. The molecule has 0 unspecified atom stereocenters. The SMILES string of the molecule is CCCCC(=O)NC(=S)NNC(=O)c1ccc(C(C)(C)C)cc1. The minimum absolute atomic E-state index is 0.0393. The predicted molar refractivity (Wildman–Crippen MR) is 96.0 cm³/mol. The van der Waals surface area contributed by atoms with E-state index in [1.165, 1.54) is 0 Å². The van der Waals surface area contributed by atoms with Crippen molar-refractivity contribution in [2.75, 3.05) is 0 Å². The summed E-state index contributed by atoms with van der Waals surface area (Å²) in [4.78, 5) is 23.5. The zero-order valence-electron chi connectivity index (χ0n) is 14.2. The zero-order chi connectivity index (χ0) is 17.5. The molecular weight excluding hydrogens is 310 g/mol. The first kappa shape index (κ1) is 19.1. The highest BCUT2D eigenvalue weighted by atomic mass is 32.1. The molecule has 1 rings (SSSR count). The smallest absolute Gasteiger partial charge is 0.269 e. The number of hydrogen-bond acceptors (Lipinski definition) is 3. The number of rotatable bonds is 4. The van der Waals surface area contributed by atoms with Gasteiger partial charge in [0, 0.05) is 12.0 Å². The van der Waals surface area contributed by atoms with Gasteiger partial charge in [-0.25, -0.2) is 0 Å². The normalized spacial score (nSPS) is 10.8. The van der Waals surface area contributed by atoms with Crippen molar-refractivity contribution in [3.05, 3.63) is 35.4 Å². The van der Waals surface area contributed by atoms with E-state index in [9.17, 15) is 9.59 Å². The molecule has 1 aromatic rings. The highest BCUT2D eigenvalue weighted by Gasteiger charge is 2.14. The van der Waals surface area contributed by atoms with Crippen LogP contribution in [0.2, 0.25) is 0 Å². The summed E-state index contributed by atoms with van der Waals surface area (Å²) in [6.45, 7) is 8.35. The van der Waals surface area contributed by atoms with Crippen LogP contribution in [-0.2, 0) is 10.2 Å². The van der Waals surface area contributed by atoms with Crippen LogP contribution in [0.1, 0.15) is 62.9 Å². The lowest BCUT2D eigenvalue weighted by Crippen LogP contribution is -2.48. The molecule has 0 bridgehead atoms. The molecule has 2 amide bonds. The minimum atomic E-state index is -0.310. The fourth-order valence-electron chi connectivity index (χ4n) is 1.87. The van der Waals surface area contributed by atoms with E-state index >= 15 is 0 Å². The lowest BCUT2D eigenvalue weighted by atomic mass is 9.87. The van der Waals surface area contributed by atoms with Crippen LogP contribution in [0.3, 0.4) is 0 Å². The van der Waals surface area contributed by atoms with Crippen molar-refractivity contribution in [3.8, 4) is 0 Å². The molecule has 5 nitrogen and oxygen atoms in total. The molecule has 0 radical (unpaired) electrons. The molecule has 0 saturated heterocycles. The van der Waals surface area contributed by atoms with Crippen molar-refractivity contribution in [2.45, 2.75) is 52.4 Å². The molecule has 0 fully saturated rings. The monoisotopic (exact) mass is 335 g/mol. The highest BCUT2D eigenvalue weighted by Crippen LogP contribution is 2.22. The first-order chi connectivity index (χ1) is 10.7. The molecule has 1 aromatic carbocycles. The Morgan fingerprint density at radius 2 is 1.70 bits per heavy atom. The maximum Gasteiger partial charge on any atom is 0.269 e. The van der Waals surface area contributed by atoms with E-state index in [1.807, 2.05) is 19.1 Å². The lowest BCUT2D eigenvalue weighted by Gasteiger charge is -2.19. The number of carbonyl (C=O) groups is 2. The van der Waals surface area contributed by atoms with E-state index in [0.29, 0.717) is 12.0 Å². The molecule has 3 N–H and O–H groups in total. The van der Waals surface area contributed by atoms with E-state index in [0.717, 1.165) is 18.4 Å². The van der Waals surface area contributed by atoms with Crippen molar-refractivity contribution in [3.63, 3.8) is 0 Å². The fourth-order valence-corrected chi connectivity index (χ4v) is 2.03. The summed E-state index contributed by atoms with van der Waals surface area (Å²) in [5.41, 5.74) is 6.72. The molecule has 0 atom stereocenters. The van der Waals surface area contributed by atoms with Crippen LogP contribution in [-0.4, -0.2) is 16.9 Å². The molecule has 23 heavy (non-hydrogen) atoms. The van der Waals surface area contributed by atoms with Crippen LogP contribution in [0.25, 0.3) is 0 Å². The van der Waals surface area contributed by atoms with Crippen molar-refractivity contribution in [1.82, 2.24) is 16.2 Å². The third-order valence-electron chi connectivity index (χ3n) is 3.31. The summed E-state index contributed by atoms with van der Waals surface area (Å²) in [7, 11) is 0. The van der Waals surface area contributed by atoms with Crippen LogP contribution in [0.15, 0.2) is 24.3 Å². The number of benzene rings is 1. The Bertz CT molecular complexity index is 562. The second-order valence-corrected chi connectivity index (χ2v) is 6.80. The molecule has 6 heteroatoms. The summed E-state index contributed by atoms with van der Waals surface area (Å²) >= 11 is 4.96. The van der Waals surface area contributed by atoms with Gasteiger partial charge in [0.25, 0.3) is 5.91 Å². The van der Waals surface area contributed by atoms with E-state index in [-0.39, 0.29) is 22.3 Å². The largest absolute Gasteiger partial charge is 0.302 e. The van der Waals surface area contributed by atoms with Crippen LogP contribution in [0.5, 0.6) is 0 Å². The van der Waals surface area contributed by atoms with Gasteiger partial charge in [0.1, 0.15) is 0 Å². The number of thiocarbonyl (C=S) groups is 1. The molecule has 0 heterocycles. The fraction of sp³-hybridized carbons (Fsp3) is 0.471. The molecule has 0 aliphatic carbocycles. The van der Waals surface area contributed by atoms with E-state index in [4.69, 9.17) is 12.2 Å². The van der Waals surface area contributed by atoms with Crippen molar-refractivity contribution in [2.24, 2.45) is 0 Å². The van der Waals surface area contributed by atoms with Gasteiger partial charge in [-0.2, -0.15) is 0 Å².